The van der Waals surface area contributed by atoms with Crippen molar-refractivity contribution < 1.29 is 4.42 Å². The van der Waals surface area contributed by atoms with Crippen LogP contribution in [0.1, 0.15) is 12.3 Å². The van der Waals surface area contributed by atoms with Gasteiger partial charge in [0.05, 0.1) is 6.20 Å². The molecule has 0 aromatic carbocycles. The molecule has 0 saturated heterocycles. The van der Waals surface area contributed by atoms with Crippen LogP contribution in [0.4, 0.5) is 0 Å². The fourth-order valence-corrected chi connectivity index (χ4v) is 1.44. The molecule has 0 amide bonds. The number of aryl methyl sites for hydroxylation is 2. The normalized spacial score (nSPS) is 10.8. The molecule has 0 fully saturated rings. The van der Waals surface area contributed by atoms with Crippen molar-refractivity contribution in [3.8, 4) is 11.5 Å². The molecule has 0 atom stereocenters. The minimum atomic E-state index is 0.626. The van der Waals surface area contributed by atoms with E-state index in [1.54, 1.807) is 10.9 Å². The Kier molecular flexibility index (Phi) is 3.06. The van der Waals surface area contributed by atoms with E-state index in [2.05, 4.69) is 10.1 Å². The number of halogens is 1. The lowest BCUT2D eigenvalue weighted by atomic mass is 10.3. The lowest BCUT2D eigenvalue weighted by Gasteiger charge is -1.91. The molecule has 2 heterocycles. The van der Waals surface area contributed by atoms with Crippen LogP contribution >= 0.6 is 11.6 Å². The minimum Gasteiger partial charge on any atom is -0.439 e. The van der Waals surface area contributed by atoms with E-state index in [1.165, 1.54) is 0 Å². The number of aromatic nitrogens is 3. The van der Waals surface area contributed by atoms with Crippen molar-refractivity contribution in [3.63, 3.8) is 0 Å². The van der Waals surface area contributed by atoms with Gasteiger partial charge in [0.2, 0.25) is 0 Å². The maximum atomic E-state index is 5.59. The maximum Gasteiger partial charge on any atom is 0.195 e. The van der Waals surface area contributed by atoms with Crippen LogP contribution in [0.5, 0.6) is 0 Å². The van der Waals surface area contributed by atoms with Crippen molar-refractivity contribution in [2.75, 3.05) is 5.88 Å². The van der Waals surface area contributed by atoms with E-state index in [-0.39, 0.29) is 0 Å². The third kappa shape index (κ3) is 2.39. The highest BCUT2D eigenvalue weighted by molar-refractivity contribution is 6.17. The monoisotopic (exact) mass is 225 g/mol. The number of rotatable bonds is 4. The average molecular weight is 226 g/mol. The molecule has 0 aliphatic rings. The molecule has 2 aromatic heterocycles. The summed E-state index contributed by atoms with van der Waals surface area (Å²) in [7, 11) is 1.87. The molecule has 0 spiro atoms. The van der Waals surface area contributed by atoms with E-state index in [1.807, 2.05) is 19.3 Å². The molecule has 80 valence electrons. The zero-order chi connectivity index (χ0) is 10.7. The van der Waals surface area contributed by atoms with E-state index in [0.29, 0.717) is 11.6 Å². The van der Waals surface area contributed by atoms with Crippen LogP contribution in [0.3, 0.4) is 0 Å². The van der Waals surface area contributed by atoms with Crippen LogP contribution in [0.2, 0.25) is 0 Å². The first-order valence-electron chi connectivity index (χ1n) is 4.80. The van der Waals surface area contributed by atoms with Crippen molar-refractivity contribution in [2.24, 2.45) is 7.05 Å². The molecule has 0 saturated carbocycles. The highest BCUT2D eigenvalue weighted by atomic mass is 35.5. The van der Waals surface area contributed by atoms with Gasteiger partial charge in [-0.3, -0.25) is 4.68 Å². The summed E-state index contributed by atoms with van der Waals surface area (Å²) >= 11 is 5.59. The molecular formula is C10H12ClN3O. The van der Waals surface area contributed by atoms with Crippen molar-refractivity contribution in [3.05, 3.63) is 24.4 Å². The van der Waals surface area contributed by atoms with Gasteiger partial charge < -0.3 is 4.42 Å². The largest absolute Gasteiger partial charge is 0.439 e. The number of hydrogen-bond donors (Lipinski definition) is 0. The van der Waals surface area contributed by atoms with Crippen LogP contribution in [-0.4, -0.2) is 20.6 Å². The minimum absolute atomic E-state index is 0.626. The molecule has 2 aromatic rings. The Balaban J connectivity index is 2.13. The van der Waals surface area contributed by atoms with Crippen LogP contribution in [-0.2, 0) is 13.5 Å². The quantitative estimate of drug-likeness (QED) is 0.750. The van der Waals surface area contributed by atoms with Crippen molar-refractivity contribution in [1.29, 1.82) is 0 Å². The molecule has 0 aliphatic heterocycles. The van der Waals surface area contributed by atoms with Gasteiger partial charge in [0.1, 0.15) is 5.69 Å². The third-order valence-corrected chi connectivity index (χ3v) is 2.31. The molecule has 15 heavy (non-hydrogen) atoms. The maximum absolute atomic E-state index is 5.59. The molecule has 2 rings (SSSR count). The Morgan fingerprint density at radius 2 is 2.40 bits per heavy atom. The standard InChI is InChI=1S/C10H12ClN3O/c1-14-6-4-8(13-14)9-7-12-10(15-9)3-2-5-11/h4,6-7H,2-3,5H2,1H3. The van der Waals surface area contributed by atoms with Crippen molar-refractivity contribution in [1.82, 2.24) is 14.8 Å². The zero-order valence-electron chi connectivity index (χ0n) is 8.48. The topological polar surface area (TPSA) is 43.9 Å². The summed E-state index contributed by atoms with van der Waals surface area (Å²) in [6.07, 6.45) is 5.22. The predicted octanol–water partition coefficient (Wildman–Crippen LogP) is 2.25. The van der Waals surface area contributed by atoms with Gasteiger partial charge in [-0.25, -0.2) is 4.98 Å². The second-order valence-corrected chi connectivity index (χ2v) is 3.66. The van der Waals surface area contributed by atoms with Gasteiger partial charge in [-0.1, -0.05) is 0 Å². The summed E-state index contributed by atoms with van der Waals surface area (Å²) in [4.78, 5) is 4.16. The highest BCUT2D eigenvalue weighted by Crippen LogP contribution is 2.18. The molecule has 0 radical (unpaired) electrons. The van der Waals surface area contributed by atoms with Gasteiger partial charge in [0.15, 0.2) is 11.7 Å². The smallest absolute Gasteiger partial charge is 0.195 e. The van der Waals surface area contributed by atoms with E-state index in [9.17, 15) is 0 Å². The molecule has 4 nitrogen and oxygen atoms in total. The Morgan fingerprint density at radius 3 is 3.07 bits per heavy atom. The molecule has 0 unspecified atom stereocenters. The molecule has 5 heteroatoms. The second kappa shape index (κ2) is 4.49. The fourth-order valence-electron chi connectivity index (χ4n) is 1.31. The van der Waals surface area contributed by atoms with Crippen molar-refractivity contribution in [2.45, 2.75) is 12.8 Å². The Morgan fingerprint density at radius 1 is 1.53 bits per heavy atom. The summed E-state index contributed by atoms with van der Waals surface area (Å²) < 4.78 is 7.27. The number of oxazole rings is 1. The van der Waals surface area contributed by atoms with Crippen LogP contribution in [0, 0.1) is 0 Å². The predicted molar refractivity (Wildman–Crippen MR) is 57.7 cm³/mol. The molecule has 0 aliphatic carbocycles. The Bertz CT molecular complexity index is 435. The first-order valence-corrected chi connectivity index (χ1v) is 5.34. The average Bonchev–Trinajstić information content (AvgIpc) is 2.83. The highest BCUT2D eigenvalue weighted by Gasteiger charge is 2.08. The van der Waals surface area contributed by atoms with Gasteiger partial charge in [-0.15, -0.1) is 11.6 Å². The molecule has 0 bridgehead atoms. The Labute approximate surface area is 92.9 Å². The molecule has 0 N–H and O–H groups in total. The van der Waals surface area contributed by atoms with E-state index >= 15 is 0 Å². The second-order valence-electron chi connectivity index (χ2n) is 3.29. The molecular weight excluding hydrogens is 214 g/mol. The van der Waals surface area contributed by atoms with E-state index in [4.69, 9.17) is 16.0 Å². The third-order valence-electron chi connectivity index (χ3n) is 2.04. The SMILES string of the molecule is Cn1ccc(-c2cnc(CCCCl)o2)n1. The first kappa shape index (κ1) is 10.2. The summed E-state index contributed by atoms with van der Waals surface area (Å²) in [5, 5.41) is 4.23. The van der Waals surface area contributed by atoms with Gasteiger partial charge >= 0.3 is 0 Å². The van der Waals surface area contributed by atoms with Gasteiger partial charge in [-0.05, 0) is 12.5 Å². The summed E-state index contributed by atoms with van der Waals surface area (Å²) in [5.74, 6) is 2.05. The van der Waals surface area contributed by atoms with Gasteiger partial charge in [0, 0.05) is 25.5 Å². The van der Waals surface area contributed by atoms with Gasteiger partial charge in [0.25, 0.3) is 0 Å². The van der Waals surface area contributed by atoms with E-state index in [0.717, 1.165) is 24.4 Å². The van der Waals surface area contributed by atoms with Crippen LogP contribution in [0.15, 0.2) is 22.9 Å². The lowest BCUT2D eigenvalue weighted by molar-refractivity contribution is 0.501. The fraction of sp³-hybridized carbons (Fsp3) is 0.400. The zero-order valence-corrected chi connectivity index (χ0v) is 9.24. The summed E-state index contributed by atoms with van der Waals surface area (Å²) in [5.41, 5.74) is 0.808. The summed E-state index contributed by atoms with van der Waals surface area (Å²) in [6.45, 7) is 0. The van der Waals surface area contributed by atoms with Crippen molar-refractivity contribution >= 4 is 11.6 Å². The first-order chi connectivity index (χ1) is 7.29. The summed E-state index contributed by atoms with van der Waals surface area (Å²) in [6, 6.07) is 1.89. The van der Waals surface area contributed by atoms with E-state index < -0.39 is 0 Å². The van der Waals surface area contributed by atoms with Crippen LogP contribution < -0.4 is 0 Å². The van der Waals surface area contributed by atoms with Crippen LogP contribution in [0.25, 0.3) is 11.5 Å². The Hall–Kier alpha value is -1.29. The lowest BCUT2D eigenvalue weighted by Crippen LogP contribution is -1.87. The van der Waals surface area contributed by atoms with Gasteiger partial charge in [-0.2, -0.15) is 5.10 Å². The number of hydrogen-bond acceptors (Lipinski definition) is 3. The number of nitrogens with zero attached hydrogens (tertiary/aromatic N) is 3. The number of alkyl halides is 1.